The van der Waals surface area contributed by atoms with Crippen molar-refractivity contribution in [2.45, 2.75) is 12.8 Å². The van der Waals surface area contributed by atoms with Crippen LogP contribution in [0.2, 0.25) is 0 Å². The van der Waals surface area contributed by atoms with E-state index in [-0.39, 0.29) is 0 Å². The van der Waals surface area contributed by atoms with E-state index in [1.54, 1.807) is 7.11 Å². The van der Waals surface area contributed by atoms with Crippen LogP contribution in [0.1, 0.15) is 12.8 Å². The third-order valence-corrected chi connectivity index (χ3v) is 4.50. The van der Waals surface area contributed by atoms with Crippen LogP contribution in [0.4, 0.5) is 5.82 Å². The van der Waals surface area contributed by atoms with Crippen LogP contribution in [0, 0.1) is 0 Å². The number of nitrogens with zero attached hydrogens (tertiary/aromatic N) is 2. The molecule has 0 aliphatic carbocycles. The van der Waals surface area contributed by atoms with E-state index in [9.17, 15) is 0 Å². The summed E-state index contributed by atoms with van der Waals surface area (Å²) in [7, 11) is 1.68. The molecule has 1 aliphatic rings. The molecule has 0 radical (unpaired) electrons. The fourth-order valence-corrected chi connectivity index (χ4v) is 2.91. The second-order valence-corrected chi connectivity index (χ2v) is 6.38. The van der Waals surface area contributed by atoms with Crippen LogP contribution in [0.15, 0.2) is 53.0 Å². The molecule has 1 fully saturated rings. The number of methoxy groups -OCH3 is 1. The van der Waals surface area contributed by atoms with Crippen LogP contribution >= 0.6 is 15.9 Å². The molecule has 0 N–H and O–H groups in total. The zero-order chi connectivity index (χ0) is 15.5. The molecule has 2 aromatic rings. The maximum absolute atomic E-state index is 5.48. The molecule has 114 valence electrons. The molecule has 22 heavy (non-hydrogen) atoms. The van der Waals surface area contributed by atoms with Crippen LogP contribution in [0.25, 0.3) is 11.3 Å². The van der Waals surface area contributed by atoms with Gasteiger partial charge in [0, 0.05) is 23.1 Å². The lowest BCUT2D eigenvalue weighted by Gasteiger charge is -2.29. The zero-order valence-electron chi connectivity index (χ0n) is 12.7. The van der Waals surface area contributed by atoms with Gasteiger partial charge in [0.15, 0.2) is 0 Å². The SMILES string of the molecule is C=C1CCN(c2ccc(OC)c(-c3ccc(Br)cc3)n2)CC1. The van der Waals surface area contributed by atoms with Gasteiger partial charge in [-0.25, -0.2) is 4.98 Å². The first-order valence-corrected chi connectivity index (χ1v) is 8.19. The topological polar surface area (TPSA) is 25.4 Å². The first-order chi connectivity index (χ1) is 10.7. The first-order valence-electron chi connectivity index (χ1n) is 7.40. The van der Waals surface area contributed by atoms with Gasteiger partial charge in [-0.15, -0.1) is 0 Å². The van der Waals surface area contributed by atoms with Gasteiger partial charge >= 0.3 is 0 Å². The van der Waals surface area contributed by atoms with Crippen molar-refractivity contribution in [3.63, 3.8) is 0 Å². The van der Waals surface area contributed by atoms with Crippen molar-refractivity contribution in [1.82, 2.24) is 4.98 Å². The molecule has 0 atom stereocenters. The molecule has 0 spiro atoms. The van der Waals surface area contributed by atoms with Gasteiger partial charge in [-0.2, -0.15) is 0 Å². The van der Waals surface area contributed by atoms with Gasteiger partial charge in [0.05, 0.1) is 7.11 Å². The molecule has 1 aliphatic heterocycles. The van der Waals surface area contributed by atoms with E-state index in [1.165, 1.54) is 5.57 Å². The lowest BCUT2D eigenvalue weighted by Crippen LogP contribution is -2.31. The van der Waals surface area contributed by atoms with E-state index >= 15 is 0 Å². The van der Waals surface area contributed by atoms with E-state index in [2.05, 4.69) is 39.5 Å². The van der Waals surface area contributed by atoms with Crippen molar-refractivity contribution in [3.05, 3.63) is 53.0 Å². The van der Waals surface area contributed by atoms with Crippen LogP contribution in [0.3, 0.4) is 0 Å². The molecule has 2 heterocycles. The number of pyridine rings is 1. The average molecular weight is 359 g/mol. The fraction of sp³-hybridized carbons (Fsp3) is 0.278. The Balaban J connectivity index is 1.95. The number of hydrogen-bond acceptors (Lipinski definition) is 3. The first kappa shape index (κ1) is 15.1. The summed E-state index contributed by atoms with van der Waals surface area (Å²) in [6, 6.07) is 12.2. The number of rotatable bonds is 3. The highest BCUT2D eigenvalue weighted by molar-refractivity contribution is 9.10. The van der Waals surface area contributed by atoms with Crippen LogP contribution in [-0.4, -0.2) is 25.2 Å². The van der Waals surface area contributed by atoms with Crippen molar-refractivity contribution in [3.8, 4) is 17.0 Å². The van der Waals surface area contributed by atoms with Gasteiger partial charge in [-0.3, -0.25) is 0 Å². The Morgan fingerprint density at radius 3 is 2.41 bits per heavy atom. The van der Waals surface area contributed by atoms with Gasteiger partial charge in [0.1, 0.15) is 17.3 Å². The minimum Gasteiger partial charge on any atom is -0.494 e. The smallest absolute Gasteiger partial charge is 0.145 e. The lowest BCUT2D eigenvalue weighted by molar-refractivity contribution is 0.414. The molecule has 0 unspecified atom stereocenters. The molecule has 0 amide bonds. The Kier molecular flexibility index (Phi) is 4.48. The van der Waals surface area contributed by atoms with Crippen LogP contribution in [0.5, 0.6) is 5.75 Å². The number of aromatic nitrogens is 1. The minimum absolute atomic E-state index is 0.799. The largest absolute Gasteiger partial charge is 0.494 e. The standard InChI is InChI=1S/C18H19BrN2O/c1-13-9-11-21(12-10-13)17-8-7-16(22-2)18(20-17)14-3-5-15(19)6-4-14/h3-8H,1,9-12H2,2H3. The van der Waals surface area contributed by atoms with Crippen molar-refractivity contribution < 1.29 is 4.74 Å². The summed E-state index contributed by atoms with van der Waals surface area (Å²) in [5, 5.41) is 0. The summed E-state index contributed by atoms with van der Waals surface area (Å²) in [6.07, 6.45) is 2.09. The van der Waals surface area contributed by atoms with Crippen molar-refractivity contribution >= 4 is 21.7 Å². The molecule has 0 bridgehead atoms. The van der Waals surface area contributed by atoms with Crippen LogP contribution < -0.4 is 9.64 Å². The van der Waals surface area contributed by atoms with E-state index in [0.717, 1.165) is 53.2 Å². The maximum Gasteiger partial charge on any atom is 0.145 e. The Hall–Kier alpha value is -1.81. The molecule has 1 saturated heterocycles. The van der Waals surface area contributed by atoms with Gasteiger partial charge < -0.3 is 9.64 Å². The second kappa shape index (κ2) is 6.53. The molecule has 0 saturated carbocycles. The van der Waals surface area contributed by atoms with E-state index in [1.807, 2.05) is 24.3 Å². The summed E-state index contributed by atoms with van der Waals surface area (Å²) < 4.78 is 6.54. The number of halogens is 1. The molecule has 1 aromatic heterocycles. The molecule has 3 nitrogen and oxygen atoms in total. The lowest BCUT2D eigenvalue weighted by atomic mass is 10.1. The second-order valence-electron chi connectivity index (χ2n) is 5.46. The quantitative estimate of drug-likeness (QED) is 0.745. The summed E-state index contributed by atoms with van der Waals surface area (Å²) in [4.78, 5) is 7.16. The highest BCUT2D eigenvalue weighted by atomic mass is 79.9. The summed E-state index contributed by atoms with van der Waals surface area (Å²) in [5.74, 6) is 1.80. The fourth-order valence-electron chi connectivity index (χ4n) is 2.64. The third-order valence-electron chi connectivity index (χ3n) is 3.98. The Morgan fingerprint density at radius 2 is 1.77 bits per heavy atom. The summed E-state index contributed by atoms with van der Waals surface area (Å²) in [5.41, 5.74) is 3.28. The van der Waals surface area contributed by atoms with E-state index in [0.29, 0.717) is 0 Å². The summed E-state index contributed by atoms with van der Waals surface area (Å²) in [6.45, 7) is 6.04. The van der Waals surface area contributed by atoms with Crippen molar-refractivity contribution in [1.29, 1.82) is 0 Å². The number of ether oxygens (including phenoxy) is 1. The minimum atomic E-state index is 0.799. The molecule has 1 aromatic carbocycles. The highest BCUT2D eigenvalue weighted by Gasteiger charge is 2.16. The molecule has 4 heteroatoms. The normalized spacial score (nSPS) is 15.0. The number of benzene rings is 1. The van der Waals surface area contributed by atoms with Crippen LogP contribution in [-0.2, 0) is 0 Å². The monoisotopic (exact) mass is 358 g/mol. The van der Waals surface area contributed by atoms with E-state index in [4.69, 9.17) is 9.72 Å². The predicted molar refractivity (Wildman–Crippen MR) is 94.5 cm³/mol. The van der Waals surface area contributed by atoms with Gasteiger partial charge in [0.25, 0.3) is 0 Å². The van der Waals surface area contributed by atoms with Crippen molar-refractivity contribution in [2.75, 3.05) is 25.1 Å². The number of hydrogen-bond donors (Lipinski definition) is 0. The molecular weight excluding hydrogens is 340 g/mol. The predicted octanol–water partition coefficient (Wildman–Crippen LogP) is 4.68. The average Bonchev–Trinajstić information content (AvgIpc) is 2.56. The Labute approximate surface area is 139 Å². The van der Waals surface area contributed by atoms with Gasteiger partial charge in [-0.05, 0) is 37.1 Å². The Bertz CT molecular complexity index is 672. The zero-order valence-corrected chi connectivity index (χ0v) is 14.3. The van der Waals surface area contributed by atoms with Gasteiger partial charge in [-0.1, -0.05) is 40.2 Å². The summed E-state index contributed by atoms with van der Waals surface area (Å²) >= 11 is 3.47. The number of anilines is 1. The highest BCUT2D eigenvalue weighted by Crippen LogP contribution is 2.32. The molecule has 3 rings (SSSR count). The van der Waals surface area contributed by atoms with E-state index < -0.39 is 0 Å². The third kappa shape index (κ3) is 3.17. The molecular formula is C18H19BrN2O. The van der Waals surface area contributed by atoms with Crippen molar-refractivity contribution in [2.24, 2.45) is 0 Å². The maximum atomic E-state index is 5.48. The van der Waals surface area contributed by atoms with Gasteiger partial charge in [0.2, 0.25) is 0 Å². The number of piperidine rings is 1. The Morgan fingerprint density at radius 1 is 1.09 bits per heavy atom.